The highest BCUT2D eigenvalue weighted by Crippen LogP contribution is 2.37. The molecule has 1 heterocycles. The molecule has 1 atom stereocenters. The maximum atomic E-state index is 13.2. The van der Waals surface area contributed by atoms with Crippen molar-refractivity contribution in [3.8, 4) is 0 Å². The molecule has 3 aromatic rings. The lowest BCUT2D eigenvalue weighted by Gasteiger charge is -2.39. The van der Waals surface area contributed by atoms with Crippen LogP contribution in [0.3, 0.4) is 0 Å². The number of piperazine rings is 1. The quantitative estimate of drug-likeness (QED) is 0.292. The van der Waals surface area contributed by atoms with Gasteiger partial charge in [0.15, 0.2) is 0 Å². The van der Waals surface area contributed by atoms with Gasteiger partial charge in [0.05, 0.1) is 17.2 Å². The lowest BCUT2D eigenvalue weighted by molar-refractivity contribution is -0.143. The lowest BCUT2D eigenvalue weighted by atomic mass is 10.0. The number of hydrogen-bond donors (Lipinski definition) is 2. The zero-order valence-electron chi connectivity index (χ0n) is 21.2. The van der Waals surface area contributed by atoms with E-state index in [9.17, 15) is 31.1 Å². The van der Waals surface area contributed by atoms with Crippen molar-refractivity contribution in [2.75, 3.05) is 38.0 Å². The SMILES string of the molecule is O=C(NCC(c1ccccc1)N1CCN(Cc2ccc(Cl)cc2)CC1)Nc1cc(C(F)(F)F)cc(C(F)(F)F)c1. The van der Waals surface area contributed by atoms with Crippen LogP contribution in [0.15, 0.2) is 72.8 Å². The normalized spacial score (nSPS) is 16.0. The predicted octanol–water partition coefficient (Wildman–Crippen LogP) is 7.06. The van der Waals surface area contributed by atoms with Crippen LogP contribution in [-0.4, -0.2) is 48.6 Å². The Morgan fingerprint density at radius 3 is 1.95 bits per heavy atom. The Morgan fingerprint density at radius 2 is 1.40 bits per heavy atom. The summed E-state index contributed by atoms with van der Waals surface area (Å²) >= 11 is 5.97. The Hall–Kier alpha value is -3.28. The summed E-state index contributed by atoms with van der Waals surface area (Å²) in [6.45, 7) is 3.78. The molecular weight excluding hydrogens is 558 g/mol. The second kappa shape index (κ2) is 12.5. The third kappa shape index (κ3) is 8.12. The summed E-state index contributed by atoms with van der Waals surface area (Å²) in [5.74, 6) is 0. The third-order valence-electron chi connectivity index (χ3n) is 6.65. The summed E-state index contributed by atoms with van der Waals surface area (Å²) < 4.78 is 79.1. The van der Waals surface area contributed by atoms with Crippen molar-refractivity contribution in [1.29, 1.82) is 0 Å². The van der Waals surface area contributed by atoms with Crippen LogP contribution < -0.4 is 10.6 Å². The van der Waals surface area contributed by atoms with E-state index in [2.05, 4.69) is 20.4 Å². The molecule has 12 heteroatoms. The van der Waals surface area contributed by atoms with Crippen LogP contribution in [0.4, 0.5) is 36.8 Å². The van der Waals surface area contributed by atoms with E-state index in [0.29, 0.717) is 30.2 Å². The minimum absolute atomic E-state index is 0.0150. The van der Waals surface area contributed by atoms with Crippen LogP contribution in [-0.2, 0) is 18.9 Å². The number of halogens is 7. The summed E-state index contributed by atoms with van der Waals surface area (Å²) in [5, 5.41) is 5.42. The molecule has 0 saturated carbocycles. The highest BCUT2D eigenvalue weighted by atomic mass is 35.5. The standard InChI is InChI=1S/C28H27ClF6N4O/c29-23-8-6-19(7-9-23)18-38-10-12-39(13-11-38)25(20-4-2-1-3-5-20)17-36-26(40)37-24-15-21(27(30,31)32)14-22(16-24)28(33,34)35/h1-9,14-16,25H,10-13,17-18H2,(H2,36,37,40). The Labute approximate surface area is 232 Å². The van der Waals surface area contributed by atoms with Gasteiger partial charge in [-0.15, -0.1) is 0 Å². The number of urea groups is 1. The van der Waals surface area contributed by atoms with Crippen molar-refractivity contribution in [2.24, 2.45) is 0 Å². The highest BCUT2D eigenvalue weighted by molar-refractivity contribution is 6.30. The first kappa shape index (κ1) is 29.7. The van der Waals surface area contributed by atoms with E-state index in [1.807, 2.05) is 54.6 Å². The van der Waals surface area contributed by atoms with E-state index in [1.165, 1.54) is 0 Å². The van der Waals surface area contributed by atoms with E-state index < -0.39 is 35.2 Å². The molecule has 1 saturated heterocycles. The second-order valence-corrected chi connectivity index (χ2v) is 9.93. The van der Waals surface area contributed by atoms with Gasteiger partial charge < -0.3 is 10.6 Å². The number of alkyl halides is 6. The number of nitrogens with one attached hydrogen (secondary N) is 2. The van der Waals surface area contributed by atoms with E-state index >= 15 is 0 Å². The first-order valence-electron chi connectivity index (χ1n) is 12.5. The molecule has 40 heavy (non-hydrogen) atoms. The second-order valence-electron chi connectivity index (χ2n) is 9.49. The summed E-state index contributed by atoms with van der Waals surface area (Å²) in [4.78, 5) is 17.1. The summed E-state index contributed by atoms with van der Waals surface area (Å²) in [6, 6.07) is 16.9. The molecule has 0 aromatic heterocycles. The smallest absolute Gasteiger partial charge is 0.336 e. The van der Waals surface area contributed by atoms with Crippen LogP contribution in [0, 0.1) is 0 Å². The number of nitrogens with zero attached hydrogens (tertiary/aromatic N) is 2. The molecule has 2 N–H and O–H groups in total. The highest BCUT2D eigenvalue weighted by Gasteiger charge is 2.37. The van der Waals surface area contributed by atoms with Crippen molar-refractivity contribution in [1.82, 2.24) is 15.1 Å². The lowest BCUT2D eigenvalue weighted by Crippen LogP contribution is -2.49. The summed E-state index contributed by atoms with van der Waals surface area (Å²) in [5.41, 5.74) is -1.55. The Morgan fingerprint density at radius 1 is 0.825 bits per heavy atom. The molecule has 3 aromatic carbocycles. The first-order chi connectivity index (χ1) is 18.9. The average molecular weight is 585 g/mol. The summed E-state index contributed by atoms with van der Waals surface area (Å²) in [6.07, 6.45) is -10.0. The minimum atomic E-state index is -5.01. The first-order valence-corrected chi connectivity index (χ1v) is 12.9. The molecule has 1 aliphatic rings. The zero-order chi connectivity index (χ0) is 28.9. The van der Waals surface area contributed by atoms with Crippen LogP contribution in [0.25, 0.3) is 0 Å². The van der Waals surface area contributed by atoms with Gasteiger partial charge in [-0.3, -0.25) is 9.80 Å². The molecule has 1 unspecified atom stereocenters. The number of benzene rings is 3. The van der Waals surface area contributed by atoms with Gasteiger partial charge in [0.1, 0.15) is 0 Å². The van der Waals surface area contributed by atoms with E-state index in [-0.39, 0.29) is 18.7 Å². The van der Waals surface area contributed by atoms with Gasteiger partial charge in [0.2, 0.25) is 0 Å². The fourth-order valence-corrected chi connectivity index (χ4v) is 4.73. The van der Waals surface area contributed by atoms with Crippen molar-refractivity contribution in [3.63, 3.8) is 0 Å². The van der Waals surface area contributed by atoms with Gasteiger partial charge >= 0.3 is 18.4 Å². The monoisotopic (exact) mass is 584 g/mol. The Kier molecular flexibility index (Phi) is 9.27. The third-order valence-corrected chi connectivity index (χ3v) is 6.90. The van der Waals surface area contributed by atoms with Crippen LogP contribution in [0.5, 0.6) is 0 Å². The number of amides is 2. The van der Waals surface area contributed by atoms with Gasteiger partial charge in [-0.1, -0.05) is 54.1 Å². The van der Waals surface area contributed by atoms with Crippen LogP contribution in [0.1, 0.15) is 28.3 Å². The molecule has 1 aliphatic heterocycles. The minimum Gasteiger partial charge on any atom is -0.336 e. The van der Waals surface area contributed by atoms with E-state index in [1.54, 1.807) is 0 Å². The van der Waals surface area contributed by atoms with Gasteiger partial charge in [-0.2, -0.15) is 26.3 Å². The van der Waals surface area contributed by atoms with Gasteiger partial charge in [0, 0.05) is 50.0 Å². The van der Waals surface area contributed by atoms with Gasteiger partial charge in [-0.05, 0) is 41.5 Å². The Balaban J connectivity index is 1.41. The number of hydrogen-bond acceptors (Lipinski definition) is 3. The summed E-state index contributed by atoms with van der Waals surface area (Å²) in [7, 11) is 0. The number of carbonyl (C=O) groups is 1. The topological polar surface area (TPSA) is 47.6 Å². The molecule has 5 nitrogen and oxygen atoms in total. The Bertz CT molecular complexity index is 1240. The molecule has 1 fully saturated rings. The molecule has 2 amide bonds. The van der Waals surface area contributed by atoms with E-state index in [4.69, 9.17) is 11.6 Å². The molecule has 4 rings (SSSR count). The number of anilines is 1. The molecule has 0 bridgehead atoms. The van der Waals surface area contributed by atoms with Gasteiger partial charge in [-0.25, -0.2) is 4.79 Å². The average Bonchev–Trinajstić information content (AvgIpc) is 2.90. The largest absolute Gasteiger partial charge is 0.416 e. The van der Waals surface area contributed by atoms with Crippen molar-refractivity contribution < 1.29 is 31.1 Å². The molecule has 0 spiro atoms. The maximum Gasteiger partial charge on any atom is 0.416 e. The van der Waals surface area contributed by atoms with Crippen molar-refractivity contribution in [3.05, 3.63) is 100 Å². The van der Waals surface area contributed by atoms with Crippen molar-refractivity contribution >= 4 is 23.3 Å². The van der Waals surface area contributed by atoms with E-state index in [0.717, 1.165) is 30.8 Å². The van der Waals surface area contributed by atoms with Crippen molar-refractivity contribution in [2.45, 2.75) is 24.9 Å². The predicted molar refractivity (Wildman–Crippen MR) is 141 cm³/mol. The fraction of sp³-hybridized carbons (Fsp3) is 0.321. The molecule has 0 radical (unpaired) electrons. The molecular formula is C28H27ClF6N4O. The van der Waals surface area contributed by atoms with Crippen LogP contribution in [0.2, 0.25) is 5.02 Å². The fourth-order valence-electron chi connectivity index (χ4n) is 4.61. The maximum absolute atomic E-state index is 13.2. The molecule has 0 aliphatic carbocycles. The number of carbonyl (C=O) groups excluding carboxylic acids is 1. The van der Waals surface area contributed by atoms with Gasteiger partial charge in [0.25, 0.3) is 0 Å². The number of rotatable bonds is 7. The zero-order valence-corrected chi connectivity index (χ0v) is 22.0. The van der Waals surface area contributed by atoms with Crippen LogP contribution >= 0.6 is 11.6 Å². The molecule has 214 valence electrons.